The predicted octanol–water partition coefficient (Wildman–Crippen LogP) is 4.29. The van der Waals surface area contributed by atoms with E-state index in [0.717, 1.165) is 0 Å². The van der Waals surface area contributed by atoms with E-state index in [1.165, 1.54) is 6.07 Å². The fourth-order valence-corrected chi connectivity index (χ4v) is 1.82. The van der Waals surface area contributed by atoms with Crippen LogP contribution in [0.2, 0.25) is 5.02 Å². The van der Waals surface area contributed by atoms with Gasteiger partial charge >= 0.3 is 0 Å². The van der Waals surface area contributed by atoms with Crippen LogP contribution in [0.25, 0.3) is 0 Å². The molecule has 94 valence electrons. The molecule has 0 unspecified atom stereocenters. The average molecular weight is 266 g/mol. The molecule has 0 saturated carbocycles. The zero-order valence-electron chi connectivity index (χ0n) is 9.86. The van der Waals surface area contributed by atoms with Crippen LogP contribution in [0.5, 0.6) is 11.5 Å². The van der Waals surface area contributed by atoms with E-state index < -0.39 is 5.82 Å². The lowest BCUT2D eigenvalue weighted by atomic mass is 10.1. The molecule has 0 fully saturated rings. The Kier molecular flexibility index (Phi) is 3.84. The highest BCUT2D eigenvalue weighted by molar-refractivity contribution is 6.30. The first kappa shape index (κ1) is 12.9. The Labute approximate surface area is 110 Å². The van der Waals surface area contributed by atoms with Crippen LogP contribution in [-0.4, -0.2) is 0 Å². The van der Waals surface area contributed by atoms with Gasteiger partial charge in [-0.25, -0.2) is 4.39 Å². The molecule has 2 rings (SSSR count). The second-order valence-electron chi connectivity index (χ2n) is 4.01. The molecule has 0 heterocycles. The van der Waals surface area contributed by atoms with E-state index in [1.807, 2.05) is 0 Å². The molecule has 0 amide bonds. The summed E-state index contributed by atoms with van der Waals surface area (Å²) in [7, 11) is 0. The van der Waals surface area contributed by atoms with Crippen molar-refractivity contribution in [1.29, 1.82) is 0 Å². The monoisotopic (exact) mass is 265 g/mol. The molecule has 0 radical (unpaired) electrons. The quantitative estimate of drug-likeness (QED) is 0.898. The first-order valence-electron chi connectivity index (χ1n) is 5.55. The largest absolute Gasteiger partial charge is 0.454 e. The van der Waals surface area contributed by atoms with E-state index in [0.29, 0.717) is 16.3 Å². The van der Waals surface area contributed by atoms with Crippen molar-refractivity contribution in [2.24, 2.45) is 5.73 Å². The third-order valence-corrected chi connectivity index (χ3v) is 2.74. The van der Waals surface area contributed by atoms with E-state index in [4.69, 9.17) is 22.1 Å². The summed E-state index contributed by atoms with van der Waals surface area (Å²) in [6, 6.07) is 11.2. The van der Waals surface area contributed by atoms with E-state index >= 15 is 0 Å². The van der Waals surface area contributed by atoms with Gasteiger partial charge in [-0.1, -0.05) is 29.8 Å². The van der Waals surface area contributed by atoms with Gasteiger partial charge in [0.1, 0.15) is 5.75 Å². The minimum Gasteiger partial charge on any atom is -0.454 e. The van der Waals surface area contributed by atoms with Gasteiger partial charge in [-0.15, -0.1) is 0 Å². The van der Waals surface area contributed by atoms with Crippen molar-refractivity contribution in [2.45, 2.75) is 13.0 Å². The fourth-order valence-electron chi connectivity index (χ4n) is 1.64. The van der Waals surface area contributed by atoms with E-state index in [-0.39, 0.29) is 11.8 Å². The molecule has 0 aromatic heterocycles. The molecule has 2 nitrogen and oxygen atoms in total. The van der Waals surface area contributed by atoms with Crippen LogP contribution in [0.3, 0.4) is 0 Å². The van der Waals surface area contributed by atoms with Crippen LogP contribution in [-0.2, 0) is 0 Å². The summed E-state index contributed by atoms with van der Waals surface area (Å²) in [4.78, 5) is 0. The van der Waals surface area contributed by atoms with Crippen molar-refractivity contribution in [3.05, 3.63) is 58.9 Å². The highest BCUT2D eigenvalue weighted by Gasteiger charge is 2.13. The predicted molar refractivity (Wildman–Crippen MR) is 70.5 cm³/mol. The first-order chi connectivity index (χ1) is 8.58. The summed E-state index contributed by atoms with van der Waals surface area (Å²) in [5.41, 5.74) is 6.41. The molecule has 0 bridgehead atoms. The van der Waals surface area contributed by atoms with Crippen LogP contribution in [0.4, 0.5) is 4.39 Å². The van der Waals surface area contributed by atoms with Gasteiger partial charge in [-0.05, 0) is 31.2 Å². The molecule has 0 spiro atoms. The molecule has 0 saturated heterocycles. The molecule has 18 heavy (non-hydrogen) atoms. The van der Waals surface area contributed by atoms with Crippen molar-refractivity contribution in [3.8, 4) is 11.5 Å². The highest BCUT2D eigenvalue weighted by atomic mass is 35.5. The summed E-state index contributed by atoms with van der Waals surface area (Å²) in [5, 5.41) is 0.534. The summed E-state index contributed by atoms with van der Waals surface area (Å²) >= 11 is 5.85. The number of rotatable bonds is 3. The lowest BCUT2D eigenvalue weighted by Gasteiger charge is -2.14. The normalized spacial score (nSPS) is 12.2. The Morgan fingerprint density at radius 3 is 2.61 bits per heavy atom. The standard InChI is InChI=1S/C14H13ClFNO/c1-9(17)12-6-3-7-13(16)14(12)18-11-5-2-4-10(15)8-11/h2-9H,17H2,1H3/t9-/m0/s1. The molecule has 2 aromatic carbocycles. The third-order valence-electron chi connectivity index (χ3n) is 2.50. The maximum Gasteiger partial charge on any atom is 0.167 e. The van der Waals surface area contributed by atoms with Gasteiger partial charge in [0.05, 0.1) is 0 Å². The number of nitrogens with two attached hydrogens (primary N) is 1. The summed E-state index contributed by atoms with van der Waals surface area (Å²) in [6.07, 6.45) is 0. The van der Waals surface area contributed by atoms with E-state index in [2.05, 4.69) is 0 Å². The highest BCUT2D eigenvalue weighted by Crippen LogP contribution is 2.32. The lowest BCUT2D eigenvalue weighted by molar-refractivity contribution is 0.432. The van der Waals surface area contributed by atoms with Gasteiger partial charge in [0.15, 0.2) is 11.6 Å². The van der Waals surface area contributed by atoms with Gasteiger partial charge < -0.3 is 10.5 Å². The average Bonchev–Trinajstić information content (AvgIpc) is 2.31. The number of hydrogen-bond donors (Lipinski definition) is 1. The summed E-state index contributed by atoms with van der Waals surface area (Å²) in [6.45, 7) is 1.78. The van der Waals surface area contributed by atoms with Crippen molar-refractivity contribution in [2.75, 3.05) is 0 Å². The number of ether oxygens (including phenoxy) is 1. The second-order valence-corrected chi connectivity index (χ2v) is 4.44. The van der Waals surface area contributed by atoms with E-state index in [9.17, 15) is 4.39 Å². The zero-order valence-corrected chi connectivity index (χ0v) is 10.6. The van der Waals surface area contributed by atoms with Crippen LogP contribution in [0.15, 0.2) is 42.5 Å². The summed E-state index contributed by atoms with van der Waals surface area (Å²) in [5.74, 6) is 0.189. The Balaban J connectivity index is 2.39. The molecule has 2 N–H and O–H groups in total. The molecular weight excluding hydrogens is 253 g/mol. The minimum atomic E-state index is -0.440. The van der Waals surface area contributed by atoms with Crippen LogP contribution in [0, 0.1) is 5.82 Å². The van der Waals surface area contributed by atoms with Crippen molar-refractivity contribution in [3.63, 3.8) is 0 Å². The topological polar surface area (TPSA) is 35.2 Å². The minimum absolute atomic E-state index is 0.148. The van der Waals surface area contributed by atoms with Crippen LogP contribution in [0.1, 0.15) is 18.5 Å². The van der Waals surface area contributed by atoms with Crippen LogP contribution >= 0.6 is 11.6 Å². The second kappa shape index (κ2) is 5.38. The van der Waals surface area contributed by atoms with Gasteiger partial charge in [0.2, 0.25) is 0 Å². The lowest BCUT2D eigenvalue weighted by Crippen LogP contribution is -2.07. The van der Waals surface area contributed by atoms with E-state index in [1.54, 1.807) is 43.3 Å². The Bertz CT molecular complexity index is 557. The number of hydrogen-bond acceptors (Lipinski definition) is 2. The smallest absolute Gasteiger partial charge is 0.167 e. The van der Waals surface area contributed by atoms with Crippen molar-refractivity contribution < 1.29 is 9.13 Å². The van der Waals surface area contributed by atoms with Crippen molar-refractivity contribution >= 4 is 11.6 Å². The number of halogens is 2. The van der Waals surface area contributed by atoms with Crippen molar-refractivity contribution in [1.82, 2.24) is 0 Å². The maximum atomic E-state index is 13.8. The third kappa shape index (κ3) is 2.81. The fraction of sp³-hybridized carbons (Fsp3) is 0.143. The molecule has 4 heteroatoms. The SMILES string of the molecule is C[C@H](N)c1cccc(F)c1Oc1cccc(Cl)c1. The molecular formula is C14H13ClFNO. The Hall–Kier alpha value is -1.58. The summed E-state index contributed by atoms with van der Waals surface area (Å²) < 4.78 is 19.3. The molecule has 0 aliphatic heterocycles. The Morgan fingerprint density at radius 2 is 1.94 bits per heavy atom. The van der Waals surface area contributed by atoms with Crippen LogP contribution < -0.4 is 10.5 Å². The molecule has 1 atom stereocenters. The van der Waals surface area contributed by atoms with Gasteiger partial charge in [0.25, 0.3) is 0 Å². The number of benzene rings is 2. The van der Waals surface area contributed by atoms with Gasteiger partial charge in [0, 0.05) is 16.6 Å². The first-order valence-corrected chi connectivity index (χ1v) is 5.93. The molecule has 2 aromatic rings. The Morgan fingerprint density at radius 1 is 1.22 bits per heavy atom. The van der Waals surface area contributed by atoms with Gasteiger partial charge in [-0.2, -0.15) is 0 Å². The molecule has 0 aliphatic rings. The number of para-hydroxylation sites is 1. The molecule has 0 aliphatic carbocycles. The zero-order chi connectivity index (χ0) is 13.1. The maximum absolute atomic E-state index is 13.8. The van der Waals surface area contributed by atoms with Gasteiger partial charge in [-0.3, -0.25) is 0 Å².